The number of thioether (sulfide) groups is 1. The minimum absolute atomic E-state index is 0.109. The monoisotopic (exact) mass is 270 g/mol. The van der Waals surface area contributed by atoms with Gasteiger partial charge in [0.1, 0.15) is 5.00 Å². The van der Waals surface area contributed by atoms with E-state index >= 15 is 0 Å². The molecule has 0 radical (unpaired) electrons. The number of hydrogen-bond acceptors (Lipinski definition) is 5. The van der Waals surface area contributed by atoms with E-state index in [0.29, 0.717) is 11.3 Å². The number of carbonyl (C=O) groups is 1. The van der Waals surface area contributed by atoms with Gasteiger partial charge in [0.25, 0.3) is 0 Å². The van der Waals surface area contributed by atoms with Crippen LogP contribution in [0.25, 0.3) is 0 Å². The zero-order valence-electron chi connectivity index (χ0n) is 10.4. The number of ketones is 1. The molecule has 1 heterocycles. The van der Waals surface area contributed by atoms with Gasteiger partial charge < -0.3 is 5.32 Å². The molecule has 3 nitrogen and oxygen atoms in total. The summed E-state index contributed by atoms with van der Waals surface area (Å²) >= 11 is 3.33. The summed E-state index contributed by atoms with van der Waals surface area (Å²) in [6.07, 6.45) is 5.90. The summed E-state index contributed by atoms with van der Waals surface area (Å²) < 4.78 is 4.28. The number of aromatic nitrogens is 1. The van der Waals surface area contributed by atoms with Crippen LogP contribution in [0.4, 0.5) is 5.00 Å². The Bertz CT molecular complexity index is 417. The van der Waals surface area contributed by atoms with Gasteiger partial charge in [0.2, 0.25) is 0 Å². The molecule has 2 atom stereocenters. The third-order valence-electron chi connectivity index (χ3n) is 3.29. The molecule has 0 bridgehead atoms. The highest BCUT2D eigenvalue weighted by atomic mass is 32.2. The molecule has 17 heavy (non-hydrogen) atoms. The highest BCUT2D eigenvalue weighted by Gasteiger charge is 2.28. The zero-order chi connectivity index (χ0) is 12.4. The molecule has 0 amide bonds. The average molecular weight is 270 g/mol. The van der Waals surface area contributed by atoms with Crippen LogP contribution in [-0.4, -0.2) is 27.7 Å². The first-order chi connectivity index (χ1) is 8.13. The maximum absolute atomic E-state index is 11.6. The van der Waals surface area contributed by atoms with Crippen LogP contribution in [0.15, 0.2) is 0 Å². The van der Waals surface area contributed by atoms with Gasteiger partial charge in [-0.15, -0.1) is 0 Å². The minimum atomic E-state index is 0.109. The maximum atomic E-state index is 11.6. The molecule has 5 heteroatoms. The fraction of sp³-hybridized carbons (Fsp3) is 0.667. The predicted molar refractivity (Wildman–Crippen MR) is 75.4 cm³/mol. The second-order valence-corrected chi connectivity index (χ2v) is 6.33. The molecule has 2 rings (SSSR count). The van der Waals surface area contributed by atoms with Crippen molar-refractivity contribution in [1.82, 2.24) is 4.37 Å². The first-order valence-corrected chi connectivity index (χ1v) is 7.96. The van der Waals surface area contributed by atoms with Crippen LogP contribution in [0.3, 0.4) is 0 Å². The Morgan fingerprint density at radius 2 is 2.29 bits per heavy atom. The minimum Gasteiger partial charge on any atom is -0.371 e. The number of aryl methyl sites for hydroxylation is 1. The highest BCUT2D eigenvalue weighted by Crippen LogP contribution is 2.33. The molecule has 1 saturated carbocycles. The first kappa shape index (κ1) is 12.9. The average Bonchev–Trinajstić information content (AvgIpc) is 2.86. The van der Waals surface area contributed by atoms with Gasteiger partial charge in [-0.3, -0.25) is 4.79 Å². The van der Waals surface area contributed by atoms with Crippen LogP contribution < -0.4 is 5.32 Å². The second-order valence-electron chi connectivity index (χ2n) is 4.48. The van der Waals surface area contributed by atoms with Crippen molar-refractivity contribution in [3.63, 3.8) is 0 Å². The molecule has 1 aromatic heterocycles. The van der Waals surface area contributed by atoms with Crippen molar-refractivity contribution in [1.29, 1.82) is 0 Å². The molecule has 0 aromatic carbocycles. The summed E-state index contributed by atoms with van der Waals surface area (Å²) in [7, 11) is 0. The molecule has 94 valence electrons. The van der Waals surface area contributed by atoms with Crippen LogP contribution >= 0.6 is 23.3 Å². The molecular weight excluding hydrogens is 252 g/mol. The summed E-state index contributed by atoms with van der Waals surface area (Å²) in [6, 6.07) is 0.489. The summed E-state index contributed by atoms with van der Waals surface area (Å²) in [6.45, 7) is 3.52. The quantitative estimate of drug-likeness (QED) is 0.852. The van der Waals surface area contributed by atoms with Crippen molar-refractivity contribution in [3.8, 4) is 0 Å². The van der Waals surface area contributed by atoms with Crippen molar-refractivity contribution in [2.75, 3.05) is 11.6 Å². The van der Waals surface area contributed by atoms with Crippen LogP contribution in [0, 0.1) is 6.92 Å². The lowest BCUT2D eigenvalue weighted by Gasteiger charge is -2.19. The Hall–Kier alpha value is -0.550. The highest BCUT2D eigenvalue weighted by molar-refractivity contribution is 7.99. The Morgan fingerprint density at radius 1 is 1.53 bits per heavy atom. The van der Waals surface area contributed by atoms with E-state index in [4.69, 9.17) is 0 Å². The third kappa shape index (κ3) is 2.65. The number of rotatable bonds is 4. The summed E-state index contributed by atoms with van der Waals surface area (Å²) in [5.41, 5.74) is 1.63. The molecule has 1 aromatic rings. The van der Waals surface area contributed by atoms with Crippen molar-refractivity contribution in [2.24, 2.45) is 0 Å². The van der Waals surface area contributed by atoms with Gasteiger partial charge in [-0.05, 0) is 44.5 Å². The Labute approximate surface area is 111 Å². The molecule has 1 fully saturated rings. The van der Waals surface area contributed by atoms with E-state index in [-0.39, 0.29) is 5.78 Å². The van der Waals surface area contributed by atoms with E-state index < -0.39 is 0 Å². The van der Waals surface area contributed by atoms with Crippen LogP contribution in [0.2, 0.25) is 0 Å². The van der Waals surface area contributed by atoms with Gasteiger partial charge in [0.05, 0.1) is 11.3 Å². The van der Waals surface area contributed by atoms with Crippen molar-refractivity contribution < 1.29 is 4.79 Å². The topological polar surface area (TPSA) is 42.0 Å². The number of anilines is 1. The first-order valence-electron chi connectivity index (χ1n) is 5.90. The molecule has 2 unspecified atom stereocenters. The summed E-state index contributed by atoms with van der Waals surface area (Å²) in [5.74, 6) is 0.109. The van der Waals surface area contributed by atoms with Crippen LogP contribution in [0.5, 0.6) is 0 Å². The number of Topliss-reactive ketones (excluding diaryl/α,β-unsaturated/α-hetero) is 1. The molecular formula is C12H18N2OS2. The van der Waals surface area contributed by atoms with E-state index in [0.717, 1.165) is 16.3 Å². The Kier molecular flexibility index (Phi) is 4.09. The molecule has 1 N–H and O–H groups in total. The second kappa shape index (κ2) is 5.40. The normalized spacial score (nSPS) is 23.9. The predicted octanol–water partition coefficient (Wildman–Crippen LogP) is 3.35. The lowest BCUT2D eigenvalue weighted by molar-refractivity contribution is 0.101. The zero-order valence-corrected chi connectivity index (χ0v) is 12.1. The fourth-order valence-electron chi connectivity index (χ4n) is 2.42. The van der Waals surface area contributed by atoms with Crippen molar-refractivity contribution in [2.45, 2.75) is 44.4 Å². The fourth-order valence-corrected chi connectivity index (χ4v) is 4.27. The van der Waals surface area contributed by atoms with E-state index in [2.05, 4.69) is 15.9 Å². The van der Waals surface area contributed by atoms with Gasteiger partial charge in [-0.1, -0.05) is 6.42 Å². The number of carbonyl (C=O) groups excluding carboxylic acids is 1. The van der Waals surface area contributed by atoms with E-state index in [1.165, 1.54) is 30.8 Å². The molecule has 0 spiro atoms. The van der Waals surface area contributed by atoms with Crippen molar-refractivity contribution in [3.05, 3.63) is 11.3 Å². The van der Waals surface area contributed by atoms with E-state index in [9.17, 15) is 4.79 Å². The maximum Gasteiger partial charge on any atom is 0.164 e. The van der Waals surface area contributed by atoms with Gasteiger partial charge in [0.15, 0.2) is 5.78 Å². The Morgan fingerprint density at radius 3 is 2.94 bits per heavy atom. The largest absolute Gasteiger partial charge is 0.371 e. The molecule has 1 aliphatic carbocycles. The summed E-state index contributed by atoms with van der Waals surface area (Å²) in [5, 5.41) is 5.15. The standard InChI is InChI=1S/C12H18N2OS2/c1-7-11(8(2)15)12(17-14-7)13-9-5-4-6-10(9)16-3/h9-10,13H,4-6H2,1-3H3. The molecule has 0 saturated heterocycles. The van der Waals surface area contributed by atoms with E-state index in [1.807, 2.05) is 18.7 Å². The molecule has 1 aliphatic rings. The Balaban J connectivity index is 2.16. The lowest BCUT2D eigenvalue weighted by Crippen LogP contribution is -2.26. The van der Waals surface area contributed by atoms with Gasteiger partial charge in [-0.2, -0.15) is 16.1 Å². The number of nitrogens with one attached hydrogen (secondary N) is 1. The van der Waals surface area contributed by atoms with Gasteiger partial charge in [0, 0.05) is 11.3 Å². The van der Waals surface area contributed by atoms with Crippen molar-refractivity contribution >= 4 is 34.1 Å². The smallest absolute Gasteiger partial charge is 0.164 e. The third-order valence-corrected chi connectivity index (χ3v) is 5.33. The number of hydrogen-bond donors (Lipinski definition) is 1. The molecule has 0 aliphatic heterocycles. The van der Waals surface area contributed by atoms with Gasteiger partial charge >= 0.3 is 0 Å². The summed E-state index contributed by atoms with van der Waals surface area (Å²) in [4.78, 5) is 11.6. The lowest BCUT2D eigenvalue weighted by atomic mass is 10.1. The number of nitrogens with zero attached hydrogens (tertiary/aromatic N) is 1. The SMILES string of the molecule is CSC1CCCC1Nc1snc(C)c1C(C)=O. The van der Waals surface area contributed by atoms with Crippen LogP contribution in [-0.2, 0) is 0 Å². The van der Waals surface area contributed by atoms with E-state index in [1.54, 1.807) is 6.92 Å². The van der Waals surface area contributed by atoms with Gasteiger partial charge in [-0.25, -0.2) is 0 Å². The van der Waals surface area contributed by atoms with Crippen LogP contribution in [0.1, 0.15) is 42.2 Å².